The smallest absolute Gasteiger partial charge is 0.408 e. The topological polar surface area (TPSA) is 140 Å². The number of amides is 2. The third-order valence-electron chi connectivity index (χ3n) is 5.58. The first-order valence-electron chi connectivity index (χ1n) is 11.3. The molecular formula is C23H40N2O8. The summed E-state index contributed by atoms with van der Waals surface area (Å²) >= 11 is 0. The van der Waals surface area contributed by atoms with Gasteiger partial charge >= 0.3 is 24.1 Å². The SMILES string of the molecule is CCC1CC1(NC(=O)OC(C)(C)C)C(=O)O.CCC1CC1(NC(=O)OC(C)(C)C)C(=O)OC. The number of esters is 1. The summed E-state index contributed by atoms with van der Waals surface area (Å²) in [6.07, 6.45) is 1.44. The van der Waals surface area contributed by atoms with Crippen molar-refractivity contribution in [2.75, 3.05) is 7.11 Å². The molecule has 0 aliphatic heterocycles. The van der Waals surface area contributed by atoms with E-state index in [0.717, 1.165) is 12.8 Å². The molecule has 10 nitrogen and oxygen atoms in total. The molecule has 33 heavy (non-hydrogen) atoms. The van der Waals surface area contributed by atoms with E-state index in [1.165, 1.54) is 7.11 Å². The molecule has 0 radical (unpaired) electrons. The molecule has 0 aromatic carbocycles. The minimum absolute atomic E-state index is 0.0116. The van der Waals surface area contributed by atoms with Gasteiger partial charge in [0.2, 0.25) is 0 Å². The Morgan fingerprint density at radius 2 is 1.18 bits per heavy atom. The van der Waals surface area contributed by atoms with Gasteiger partial charge in [0.15, 0.2) is 0 Å². The normalized spacial score (nSPS) is 27.8. The van der Waals surface area contributed by atoms with E-state index in [1.807, 2.05) is 13.8 Å². The van der Waals surface area contributed by atoms with Gasteiger partial charge in [0.05, 0.1) is 7.11 Å². The van der Waals surface area contributed by atoms with Gasteiger partial charge in [0.1, 0.15) is 22.3 Å². The fourth-order valence-corrected chi connectivity index (χ4v) is 3.72. The number of nitrogens with one attached hydrogen (secondary N) is 2. The van der Waals surface area contributed by atoms with Crippen LogP contribution in [-0.2, 0) is 23.8 Å². The number of hydrogen-bond donors (Lipinski definition) is 3. The third-order valence-corrected chi connectivity index (χ3v) is 5.58. The van der Waals surface area contributed by atoms with Gasteiger partial charge in [-0.1, -0.05) is 26.7 Å². The second-order valence-electron chi connectivity index (χ2n) is 10.6. The second kappa shape index (κ2) is 10.2. The molecule has 0 spiro atoms. The van der Waals surface area contributed by atoms with Gasteiger partial charge < -0.3 is 30.0 Å². The molecule has 2 saturated carbocycles. The Bertz CT molecular complexity index is 755. The van der Waals surface area contributed by atoms with Gasteiger partial charge in [0.25, 0.3) is 0 Å². The first-order valence-corrected chi connectivity index (χ1v) is 11.3. The zero-order valence-electron chi connectivity index (χ0n) is 21.3. The highest BCUT2D eigenvalue weighted by atomic mass is 16.6. The van der Waals surface area contributed by atoms with Crippen LogP contribution < -0.4 is 10.6 Å². The van der Waals surface area contributed by atoms with Crippen LogP contribution in [0.4, 0.5) is 9.59 Å². The molecule has 10 heteroatoms. The van der Waals surface area contributed by atoms with Gasteiger partial charge in [-0.3, -0.25) is 0 Å². The molecule has 2 aliphatic rings. The number of rotatable bonds is 6. The van der Waals surface area contributed by atoms with Gasteiger partial charge in [-0.15, -0.1) is 0 Å². The lowest BCUT2D eigenvalue weighted by molar-refractivity contribution is -0.145. The summed E-state index contributed by atoms with van der Waals surface area (Å²) in [7, 11) is 1.33. The summed E-state index contributed by atoms with van der Waals surface area (Å²) in [4.78, 5) is 45.9. The Morgan fingerprint density at radius 3 is 1.45 bits per heavy atom. The lowest BCUT2D eigenvalue weighted by Gasteiger charge is -2.23. The highest BCUT2D eigenvalue weighted by molar-refractivity contribution is 5.89. The molecule has 3 N–H and O–H groups in total. The number of carboxylic acid groups (broad SMARTS) is 1. The van der Waals surface area contributed by atoms with Crippen molar-refractivity contribution in [3.63, 3.8) is 0 Å². The molecule has 4 unspecified atom stereocenters. The van der Waals surface area contributed by atoms with Crippen LogP contribution in [0.15, 0.2) is 0 Å². The van der Waals surface area contributed by atoms with E-state index in [2.05, 4.69) is 10.6 Å². The first-order chi connectivity index (χ1) is 15.0. The predicted octanol–water partition coefficient (Wildman–Crippen LogP) is 3.62. The Balaban J connectivity index is 0.000000331. The van der Waals surface area contributed by atoms with Crippen molar-refractivity contribution in [1.29, 1.82) is 0 Å². The van der Waals surface area contributed by atoms with Crippen molar-refractivity contribution >= 4 is 24.1 Å². The number of aliphatic carboxylic acids is 1. The maximum absolute atomic E-state index is 11.7. The third kappa shape index (κ3) is 7.78. The Hall–Kier alpha value is -2.52. The van der Waals surface area contributed by atoms with Crippen LogP contribution in [0.3, 0.4) is 0 Å². The van der Waals surface area contributed by atoms with Crippen molar-refractivity contribution in [2.45, 2.75) is 103 Å². The standard InChI is InChI=1S/C12H21NO4.C11H19NO4/c1-6-8-7-12(8,9(14)16-5)13-10(15)17-11(2,3)4;1-5-7-6-11(7,8(13)14)12-9(15)16-10(2,3)4/h8H,6-7H2,1-5H3,(H,13,15);7H,5-6H2,1-4H3,(H,12,15)(H,13,14). The minimum Gasteiger partial charge on any atom is -0.479 e. The zero-order valence-corrected chi connectivity index (χ0v) is 21.3. The quantitative estimate of drug-likeness (QED) is 0.393. The number of methoxy groups -OCH3 is 1. The van der Waals surface area contributed by atoms with Crippen LogP contribution in [0.25, 0.3) is 0 Å². The fourth-order valence-electron chi connectivity index (χ4n) is 3.72. The molecule has 0 aromatic rings. The Labute approximate surface area is 196 Å². The largest absolute Gasteiger partial charge is 0.479 e. The first kappa shape index (κ1) is 28.5. The minimum atomic E-state index is -1.10. The van der Waals surface area contributed by atoms with Gasteiger partial charge in [0, 0.05) is 0 Å². The summed E-state index contributed by atoms with van der Waals surface area (Å²) in [6.45, 7) is 14.4. The predicted molar refractivity (Wildman–Crippen MR) is 121 cm³/mol. The van der Waals surface area contributed by atoms with E-state index in [-0.39, 0.29) is 11.8 Å². The van der Waals surface area contributed by atoms with Crippen molar-refractivity contribution in [2.24, 2.45) is 11.8 Å². The van der Waals surface area contributed by atoms with E-state index < -0.39 is 46.4 Å². The number of ether oxygens (including phenoxy) is 3. The number of hydrogen-bond acceptors (Lipinski definition) is 7. The van der Waals surface area contributed by atoms with Crippen LogP contribution in [0.1, 0.15) is 81.1 Å². The van der Waals surface area contributed by atoms with Crippen molar-refractivity contribution in [3.05, 3.63) is 0 Å². The van der Waals surface area contributed by atoms with Gasteiger partial charge in [-0.25, -0.2) is 19.2 Å². The van der Waals surface area contributed by atoms with Gasteiger partial charge in [-0.05, 0) is 66.2 Å². The highest BCUT2D eigenvalue weighted by Gasteiger charge is 2.62. The van der Waals surface area contributed by atoms with Crippen molar-refractivity contribution in [1.82, 2.24) is 10.6 Å². The fraction of sp³-hybridized carbons (Fsp3) is 0.826. The molecule has 0 saturated heterocycles. The monoisotopic (exact) mass is 472 g/mol. The molecule has 2 rings (SSSR count). The number of carboxylic acids is 1. The lowest BCUT2D eigenvalue weighted by atomic mass is 10.1. The maximum atomic E-state index is 11.7. The van der Waals surface area contributed by atoms with Crippen LogP contribution >= 0.6 is 0 Å². The average Bonchev–Trinajstić information content (AvgIpc) is 3.53. The van der Waals surface area contributed by atoms with E-state index >= 15 is 0 Å². The van der Waals surface area contributed by atoms with Crippen LogP contribution in [0, 0.1) is 11.8 Å². The highest BCUT2D eigenvalue weighted by Crippen LogP contribution is 2.47. The van der Waals surface area contributed by atoms with Crippen LogP contribution in [0.5, 0.6) is 0 Å². The van der Waals surface area contributed by atoms with E-state index in [1.54, 1.807) is 41.5 Å². The molecule has 190 valence electrons. The molecule has 0 bridgehead atoms. The van der Waals surface area contributed by atoms with E-state index in [0.29, 0.717) is 12.8 Å². The lowest BCUT2D eigenvalue weighted by Crippen LogP contribution is -2.47. The van der Waals surface area contributed by atoms with Crippen molar-refractivity contribution in [3.8, 4) is 0 Å². The summed E-state index contributed by atoms with van der Waals surface area (Å²) in [6, 6.07) is 0. The van der Waals surface area contributed by atoms with E-state index in [4.69, 9.17) is 19.3 Å². The molecule has 0 aromatic heterocycles. The van der Waals surface area contributed by atoms with E-state index in [9.17, 15) is 19.2 Å². The Morgan fingerprint density at radius 1 is 0.818 bits per heavy atom. The molecule has 0 heterocycles. The number of carbonyl (C=O) groups excluding carboxylic acids is 3. The average molecular weight is 473 g/mol. The Kier molecular flexibility index (Phi) is 8.79. The molecule has 2 fully saturated rings. The maximum Gasteiger partial charge on any atom is 0.408 e. The van der Waals surface area contributed by atoms with Crippen LogP contribution in [-0.4, -0.2) is 58.6 Å². The number of alkyl carbamates (subject to hydrolysis) is 2. The summed E-state index contributed by atoms with van der Waals surface area (Å²) in [5, 5.41) is 14.2. The summed E-state index contributed by atoms with van der Waals surface area (Å²) in [5.41, 5.74) is -3.15. The number of carbonyl (C=O) groups is 4. The van der Waals surface area contributed by atoms with Crippen molar-refractivity contribution < 1.29 is 38.5 Å². The zero-order chi connectivity index (χ0) is 25.8. The van der Waals surface area contributed by atoms with Crippen LogP contribution in [0.2, 0.25) is 0 Å². The summed E-state index contributed by atoms with van der Waals surface area (Å²) < 4.78 is 14.9. The second-order valence-corrected chi connectivity index (χ2v) is 10.6. The molecule has 4 atom stereocenters. The summed E-state index contributed by atoms with van der Waals surface area (Å²) in [5.74, 6) is -1.22. The van der Waals surface area contributed by atoms with Gasteiger partial charge in [-0.2, -0.15) is 0 Å². The molecule has 2 aliphatic carbocycles. The molecular weight excluding hydrogens is 432 g/mol. The molecule has 2 amide bonds.